The van der Waals surface area contributed by atoms with E-state index in [0.29, 0.717) is 17.5 Å². The third-order valence-electron chi connectivity index (χ3n) is 10.6. The standard InChI is InChI=1S/C49H30N4/c1-2-13-34-29-35(23-21-31(34)11-1)47-50-48(36-24-22-33-26-27-38-37-14-4-3-12-32(37)25-28-39(38)43(33)30-36)52-49(51-47)42-17-7-10-20-46(42)53-44-18-8-5-15-40(44)41-16-6-9-19-45(41)53/h1-30H. The van der Waals surface area contributed by atoms with Gasteiger partial charge in [0, 0.05) is 27.5 Å². The van der Waals surface area contributed by atoms with Crippen molar-refractivity contribution in [3.63, 3.8) is 0 Å². The highest BCUT2D eigenvalue weighted by Crippen LogP contribution is 2.38. The zero-order valence-electron chi connectivity index (χ0n) is 28.6. The SMILES string of the molecule is c1ccc(-n2c3ccccc3c3ccccc32)c(-c2nc(-c3ccc4ccccc4c3)nc(-c3ccc4ccc5c6ccccc6ccc5c4c3)n2)c1. The van der Waals surface area contributed by atoms with Gasteiger partial charge in [0.2, 0.25) is 0 Å². The average molecular weight is 675 g/mol. The molecule has 0 aliphatic carbocycles. The number of rotatable bonds is 4. The molecule has 246 valence electrons. The second-order valence-electron chi connectivity index (χ2n) is 13.6. The quantitative estimate of drug-likeness (QED) is 0.175. The fraction of sp³-hybridized carbons (Fsp3) is 0. The van der Waals surface area contributed by atoms with Gasteiger partial charge in [0.25, 0.3) is 0 Å². The van der Waals surface area contributed by atoms with Crippen LogP contribution in [0.2, 0.25) is 0 Å². The number of nitrogens with zero attached hydrogens (tertiary/aromatic N) is 4. The molecule has 2 heterocycles. The molecular formula is C49H30N4. The maximum absolute atomic E-state index is 5.29. The summed E-state index contributed by atoms with van der Waals surface area (Å²) in [7, 11) is 0. The summed E-state index contributed by atoms with van der Waals surface area (Å²) < 4.78 is 2.34. The Hall–Kier alpha value is -7.17. The van der Waals surface area contributed by atoms with E-state index >= 15 is 0 Å². The zero-order chi connectivity index (χ0) is 34.9. The Bertz CT molecular complexity index is 3190. The van der Waals surface area contributed by atoms with Crippen LogP contribution in [0.5, 0.6) is 0 Å². The van der Waals surface area contributed by atoms with E-state index in [1.807, 2.05) is 0 Å². The number of para-hydroxylation sites is 3. The Morgan fingerprint density at radius 1 is 0.302 bits per heavy atom. The number of hydrogen-bond donors (Lipinski definition) is 0. The van der Waals surface area contributed by atoms with E-state index in [4.69, 9.17) is 15.0 Å². The molecule has 11 aromatic rings. The van der Waals surface area contributed by atoms with Crippen molar-refractivity contribution in [2.75, 3.05) is 0 Å². The maximum Gasteiger partial charge on any atom is 0.166 e. The fourth-order valence-corrected chi connectivity index (χ4v) is 8.08. The van der Waals surface area contributed by atoms with Crippen molar-refractivity contribution in [2.45, 2.75) is 0 Å². The Labute approximate surface area is 305 Å². The number of aromatic nitrogens is 4. The molecule has 0 N–H and O–H groups in total. The molecule has 0 radical (unpaired) electrons. The summed E-state index contributed by atoms with van der Waals surface area (Å²) in [6.07, 6.45) is 0. The lowest BCUT2D eigenvalue weighted by molar-refractivity contribution is 1.07. The van der Waals surface area contributed by atoms with E-state index in [9.17, 15) is 0 Å². The average Bonchev–Trinajstić information content (AvgIpc) is 3.57. The maximum atomic E-state index is 5.29. The van der Waals surface area contributed by atoms with Crippen molar-refractivity contribution < 1.29 is 0 Å². The van der Waals surface area contributed by atoms with Crippen molar-refractivity contribution in [3.8, 4) is 39.9 Å². The predicted octanol–water partition coefficient (Wildman–Crippen LogP) is 12.6. The number of hydrogen-bond acceptors (Lipinski definition) is 3. The molecule has 0 amide bonds. The second-order valence-corrected chi connectivity index (χ2v) is 13.6. The van der Waals surface area contributed by atoms with Crippen LogP contribution >= 0.6 is 0 Å². The lowest BCUT2D eigenvalue weighted by Gasteiger charge is -2.15. The van der Waals surface area contributed by atoms with Crippen molar-refractivity contribution in [2.24, 2.45) is 0 Å². The van der Waals surface area contributed by atoms with Crippen molar-refractivity contribution in [1.82, 2.24) is 19.5 Å². The zero-order valence-corrected chi connectivity index (χ0v) is 28.6. The van der Waals surface area contributed by atoms with Gasteiger partial charge in [-0.05, 0) is 79.5 Å². The van der Waals surface area contributed by atoms with Gasteiger partial charge in [-0.15, -0.1) is 0 Å². The molecule has 0 saturated heterocycles. The Kier molecular flexibility index (Phi) is 6.52. The van der Waals surface area contributed by atoms with Crippen LogP contribution in [-0.4, -0.2) is 19.5 Å². The van der Waals surface area contributed by atoms with Crippen LogP contribution in [0, 0.1) is 0 Å². The topological polar surface area (TPSA) is 43.6 Å². The van der Waals surface area contributed by atoms with E-state index < -0.39 is 0 Å². The minimum Gasteiger partial charge on any atom is -0.309 e. The Morgan fingerprint density at radius 2 is 0.792 bits per heavy atom. The summed E-state index contributed by atoms with van der Waals surface area (Å²) in [5, 5.41) is 12.0. The van der Waals surface area contributed by atoms with Crippen molar-refractivity contribution in [1.29, 1.82) is 0 Å². The smallest absolute Gasteiger partial charge is 0.166 e. The lowest BCUT2D eigenvalue weighted by Crippen LogP contribution is -2.03. The van der Waals surface area contributed by atoms with E-state index in [1.165, 1.54) is 48.5 Å². The third-order valence-corrected chi connectivity index (χ3v) is 10.6. The molecule has 0 aliphatic rings. The largest absolute Gasteiger partial charge is 0.309 e. The molecule has 0 spiro atoms. The molecule has 11 rings (SSSR count). The molecule has 2 aromatic heterocycles. The van der Waals surface area contributed by atoms with E-state index in [2.05, 4.69) is 187 Å². The van der Waals surface area contributed by atoms with Gasteiger partial charge >= 0.3 is 0 Å². The van der Waals surface area contributed by atoms with Crippen LogP contribution in [0.1, 0.15) is 0 Å². The molecule has 0 unspecified atom stereocenters. The van der Waals surface area contributed by atoms with Gasteiger partial charge in [-0.3, -0.25) is 0 Å². The minimum absolute atomic E-state index is 0.625. The van der Waals surface area contributed by atoms with Crippen LogP contribution < -0.4 is 0 Å². The molecule has 0 atom stereocenters. The summed E-state index contributed by atoms with van der Waals surface area (Å²) >= 11 is 0. The lowest BCUT2D eigenvalue weighted by atomic mass is 9.96. The number of fused-ring (bicyclic) bond motifs is 9. The Balaban J connectivity index is 1.17. The highest BCUT2D eigenvalue weighted by molar-refractivity contribution is 6.17. The third kappa shape index (κ3) is 4.73. The fourth-order valence-electron chi connectivity index (χ4n) is 8.08. The van der Waals surface area contributed by atoms with Crippen LogP contribution in [0.25, 0.3) is 105 Å². The van der Waals surface area contributed by atoms with Crippen LogP contribution in [-0.2, 0) is 0 Å². The molecule has 9 aromatic carbocycles. The van der Waals surface area contributed by atoms with E-state index in [-0.39, 0.29) is 0 Å². The summed E-state index contributed by atoms with van der Waals surface area (Å²) in [5.41, 5.74) is 6.11. The summed E-state index contributed by atoms with van der Waals surface area (Å²) in [6, 6.07) is 64.5. The molecule has 0 fully saturated rings. The van der Waals surface area contributed by atoms with Gasteiger partial charge in [-0.25, -0.2) is 15.0 Å². The van der Waals surface area contributed by atoms with E-state index in [0.717, 1.165) is 38.8 Å². The molecule has 4 nitrogen and oxygen atoms in total. The monoisotopic (exact) mass is 674 g/mol. The second kappa shape index (κ2) is 11.7. The molecular weight excluding hydrogens is 645 g/mol. The van der Waals surface area contributed by atoms with Gasteiger partial charge in [-0.2, -0.15) is 0 Å². The molecule has 0 aliphatic heterocycles. The Morgan fingerprint density at radius 3 is 1.53 bits per heavy atom. The molecule has 53 heavy (non-hydrogen) atoms. The minimum atomic E-state index is 0.625. The van der Waals surface area contributed by atoms with Crippen LogP contribution in [0.4, 0.5) is 0 Å². The highest BCUT2D eigenvalue weighted by Gasteiger charge is 2.19. The normalized spacial score (nSPS) is 11.8. The van der Waals surface area contributed by atoms with Gasteiger partial charge in [-0.1, -0.05) is 146 Å². The first-order chi connectivity index (χ1) is 26.3. The molecule has 0 saturated carbocycles. The van der Waals surface area contributed by atoms with Gasteiger partial charge in [0.1, 0.15) is 0 Å². The summed E-state index contributed by atoms with van der Waals surface area (Å²) in [5.74, 6) is 1.89. The van der Waals surface area contributed by atoms with Gasteiger partial charge in [0.05, 0.1) is 16.7 Å². The highest BCUT2D eigenvalue weighted by atomic mass is 15.1. The first-order valence-electron chi connectivity index (χ1n) is 17.9. The first-order valence-corrected chi connectivity index (χ1v) is 17.9. The molecule has 0 bridgehead atoms. The van der Waals surface area contributed by atoms with Crippen molar-refractivity contribution in [3.05, 3.63) is 182 Å². The summed E-state index contributed by atoms with van der Waals surface area (Å²) in [6.45, 7) is 0. The predicted molar refractivity (Wildman–Crippen MR) is 220 cm³/mol. The van der Waals surface area contributed by atoms with Crippen LogP contribution in [0.15, 0.2) is 182 Å². The molecule has 4 heteroatoms. The van der Waals surface area contributed by atoms with Crippen molar-refractivity contribution >= 4 is 64.9 Å². The van der Waals surface area contributed by atoms with Crippen LogP contribution in [0.3, 0.4) is 0 Å². The van der Waals surface area contributed by atoms with Gasteiger partial charge in [0.15, 0.2) is 17.5 Å². The number of benzene rings is 9. The summed E-state index contributed by atoms with van der Waals surface area (Å²) in [4.78, 5) is 15.7. The van der Waals surface area contributed by atoms with Gasteiger partial charge < -0.3 is 4.57 Å². The van der Waals surface area contributed by atoms with E-state index in [1.54, 1.807) is 0 Å². The first kappa shape index (κ1) is 29.5.